The van der Waals surface area contributed by atoms with Gasteiger partial charge in [-0.05, 0) is 41.6 Å². The summed E-state index contributed by atoms with van der Waals surface area (Å²) in [6.07, 6.45) is 3.78. The van der Waals surface area contributed by atoms with Crippen molar-refractivity contribution in [3.63, 3.8) is 0 Å². The number of anilines is 3. The Balaban J connectivity index is 1.54. The number of hydrogen-bond donors (Lipinski definition) is 4. The zero-order chi connectivity index (χ0) is 21.8. The Bertz CT molecular complexity index is 1240. The van der Waals surface area contributed by atoms with Crippen LogP contribution in [0.5, 0.6) is 0 Å². The number of para-hydroxylation sites is 1. The molecule has 0 radical (unpaired) electrons. The van der Waals surface area contributed by atoms with Gasteiger partial charge in [-0.3, -0.25) is 9.59 Å². The molecule has 2 heterocycles. The highest BCUT2D eigenvalue weighted by Crippen LogP contribution is 2.24. The van der Waals surface area contributed by atoms with E-state index in [1.807, 2.05) is 54.7 Å². The molecule has 0 atom stereocenters. The van der Waals surface area contributed by atoms with E-state index in [0.717, 1.165) is 27.7 Å². The van der Waals surface area contributed by atoms with E-state index in [9.17, 15) is 9.59 Å². The fourth-order valence-electron chi connectivity index (χ4n) is 3.50. The van der Waals surface area contributed by atoms with Crippen LogP contribution in [0.1, 0.15) is 28.4 Å². The first-order chi connectivity index (χ1) is 15.0. The van der Waals surface area contributed by atoms with Crippen LogP contribution in [-0.4, -0.2) is 21.7 Å². The van der Waals surface area contributed by atoms with Crippen molar-refractivity contribution in [3.8, 4) is 0 Å². The number of primary amides is 1. The topological polar surface area (TPSA) is 113 Å². The number of Topliss-reactive ketones (excluding diaryl/α,β-unsaturated/α-hetero) is 1. The molecular formula is C24H23N5O2. The Kier molecular flexibility index (Phi) is 5.66. The molecule has 0 saturated heterocycles. The van der Waals surface area contributed by atoms with Gasteiger partial charge in [0.15, 0.2) is 0 Å². The number of amides is 1. The Morgan fingerprint density at radius 2 is 1.90 bits per heavy atom. The quantitative estimate of drug-likeness (QED) is 0.347. The molecule has 0 saturated carbocycles. The van der Waals surface area contributed by atoms with Crippen molar-refractivity contribution >= 4 is 39.8 Å². The number of hydrogen-bond acceptors (Lipinski definition) is 5. The molecule has 0 aliphatic heterocycles. The summed E-state index contributed by atoms with van der Waals surface area (Å²) in [6, 6.07) is 17.4. The standard InChI is InChI=1S/C24H23N5O2/c1-15(30)11-16-5-7-19(8-6-16)29-22-12-21(20(14-28-22)24(25)31)27-13-18-4-2-3-17-9-10-26-23(17)18/h2-10,12,14,26H,11,13H2,1H3,(H2,25,31)(H2,27,28,29). The van der Waals surface area contributed by atoms with E-state index in [4.69, 9.17) is 5.73 Å². The number of nitrogens with two attached hydrogens (primary N) is 1. The number of aromatic nitrogens is 2. The number of pyridine rings is 1. The summed E-state index contributed by atoms with van der Waals surface area (Å²) < 4.78 is 0. The zero-order valence-electron chi connectivity index (χ0n) is 17.1. The van der Waals surface area contributed by atoms with Gasteiger partial charge in [-0.1, -0.05) is 30.3 Å². The molecule has 0 fully saturated rings. The molecule has 2 aromatic heterocycles. The normalized spacial score (nSPS) is 10.7. The predicted molar refractivity (Wildman–Crippen MR) is 122 cm³/mol. The lowest BCUT2D eigenvalue weighted by Crippen LogP contribution is -2.15. The number of rotatable bonds is 8. The second-order valence-electron chi connectivity index (χ2n) is 7.39. The van der Waals surface area contributed by atoms with Crippen molar-refractivity contribution < 1.29 is 9.59 Å². The Hall–Kier alpha value is -4.13. The maximum atomic E-state index is 11.9. The fourth-order valence-corrected chi connectivity index (χ4v) is 3.50. The van der Waals surface area contributed by atoms with Crippen LogP contribution in [0.3, 0.4) is 0 Å². The molecule has 0 bridgehead atoms. The lowest BCUT2D eigenvalue weighted by Gasteiger charge is -2.13. The predicted octanol–water partition coefficient (Wildman–Crippen LogP) is 4.15. The molecule has 7 heteroatoms. The van der Waals surface area contributed by atoms with E-state index >= 15 is 0 Å². The highest BCUT2D eigenvalue weighted by atomic mass is 16.1. The third kappa shape index (κ3) is 4.72. The maximum Gasteiger partial charge on any atom is 0.252 e. The second-order valence-corrected chi connectivity index (χ2v) is 7.39. The number of ketones is 1. The van der Waals surface area contributed by atoms with Crippen molar-refractivity contribution in [2.24, 2.45) is 5.73 Å². The first-order valence-electron chi connectivity index (χ1n) is 9.94. The molecule has 0 unspecified atom stereocenters. The molecule has 5 N–H and O–H groups in total. The van der Waals surface area contributed by atoms with Crippen LogP contribution in [-0.2, 0) is 17.8 Å². The highest BCUT2D eigenvalue weighted by molar-refractivity contribution is 5.98. The van der Waals surface area contributed by atoms with E-state index in [0.29, 0.717) is 30.0 Å². The third-order valence-electron chi connectivity index (χ3n) is 4.99. The van der Waals surface area contributed by atoms with Crippen LogP contribution in [0.25, 0.3) is 10.9 Å². The summed E-state index contributed by atoms with van der Waals surface area (Å²) in [5.41, 5.74) is 10.4. The third-order valence-corrected chi connectivity index (χ3v) is 4.99. The van der Waals surface area contributed by atoms with Gasteiger partial charge in [-0.25, -0.2) is 4.98 Å². The van der Waals surface area contributed by atoms with Gasteiger partial charge in [0.05, 0.1) is 16.8 Å². The molecule has 1 amide bonds. The van der Waals surface area contributed by atoms with E-state index < -0.39 is 5.91 Å². The number of benzene rings is 2. The minimum absolute atomic E-state index is 0.121. The van der Waals surface area contributed by atoms with E-state index in [1.54, 1.807) is 13.0 Å². The van der Waals surface area contributed by atoms with Crippen LogP contribution < -0.4 is 16.4 Å². The molecule has 156 valence electrons. The van der Waals surface area contributed by atoms with Gasteiger partial charge in [0, 0.05) is 37.1 Å². The van der Waals surface area contributed by atoms with Gasteiger partial charge in [0.2, 0.25) is 0 Å². The maximum absolute atomic E-state index is 11.9. The van der Waals surface area contributed by atoms with Gasteiger partial charge >= 0.3 is 0 Å². The Morgan fingerprint density at radius 3 is 2.65 bits per heavy atom. The minimum atomic E-state index is -0.548. The number of fused-ring (bicyclic) bond motifs is 1. The van der Waals surface area contributed by atoms with Gasteiger partial charge in [-0.15, -0.1) is 0 Å². The minimum Gasteiger partial charge on any atom is -0.380 e. The van der Waals surface area contributed by atoms with Gasteiger partial charge < -0.3 is 21.4 Å². The van der Waals surface area contributed by atoms with Crippen molar-refractivity contribution in [2.45, 2.75) is 19.9 Å². The summed E-state index contributed by atoms with van der Waals surface area (Å²) in [4.78, 5) is 30.7. The number of aromatic amines is 1. The summed E-state index contributed by atoms with van der Waals surface area (Å²) in [5, 5.41) is 7.66. The van der Waals surface area contributed by atoms with Crippen LogP contribution in [0.15, 0.2) is 67.0 Å². The summed E-state index contributed by atoms with van der Waals surface area (Å²) >= 11 is 0. The van der Waals surface area contributed by atoms with E-state index in [-0.39, 0.29) is 5.78 Å². The number of nitrogens with zero attached hydrogens (tertiary/aromatic N) is 1. The molecular weight excluding hydrogens is 390 g/mol. The van der Waals surface area contributed by atoms with Crippen LogP contribution in [0, 0.1) is 0 Å². The molecule has 2 aromatic carbocycles. The molecule has 0 spiro atoms. The number of carbonyl (C=O) groups excluding carboxylic acids is 2. The van der Waals surface area contributed by atoms with Crippen molar-refractivity contribution in [2.75, 3.05) is 10.6 Å². The molecule has 31 heavy (non-hydrogen) atoms. The Labute approximate surface area is 179 Å². The monoisotopic (exact) mass is 413 g/mol. The molecule has 4 rings (SSSR count). The summed E-state index contributed by atoms with van der Waals surface area (Å²) in [6.45, 7) is 2.09. The zero-order valence-corrected chi connectivity index (χ0v) is 17.1. The fraction of sp³-hybridized carbons (Fsp3) is 0.125. The average molecular weight is 413 g/mol. The molecule has 0 aliphatic carbocycles. The molecule has 7 nitrogen and oxygen atoms in total. The second kappa shape index (κ2) is 8.71. The van der Waals surface area contributed by atoms with Crippen molar-refractivity contribution in [1.82, 2.24) is 9.97 Å². The smallest absolute Gasteiger partial charge is 0.252 e. The molecule has 0 aliphatic rings. The van der Waals surface area contributed by atoms with Crippen LogP contribution in [0.2, 0.25) is 0 Å². The van der Waals surface area contributed by atoms with Crippen LogP contribution in [0.4, 0.5) is 17.2 Å². The lowest BCUT2D eigenvalue weighted by molar-refractivity contribution is -0.116. The van der Waals surface area contributed by atoms with Crippen molar-refractivity contribution in [1.29, 1.82) is 0 Å². The van der Waals surface area contributed by atoms with Gasteiger partial charge in [-0.2, -0.15) is 0 Å². The van der Waals surface area contributed by atoms with Gasteiger partial charge in [0.1, 0.15) is 11.6 Å². The first-order valence-corrected chi connectivity index (χ1v) is 9.94. The summed E-state index contributed by atoms with van der Waals surface area (Å²) in [7, 11) is 0. The number of nitrogens with one attached hydrogen (secondary N) is 3. The van der Waals surface area contributed by atoms with Gasteiger partial charge in [0.25, 0.3) is 5.91 Å². The Morgan fingerprint density at radius 1 is 1.10 bits per heavy atom. The van der Waals surface area contributed by atoms with Crippen LogP contribution >= 0.6 is 0 Å². The van der Waals surface area contributed by atoms with E-state index in [2.05, 4.69) is 20.6 Å². The average Bonchev–Trinajstić information content (AvgIpc) is 3.23. The SMILES string of the molecule is CC(=O)Cc1ccc(Nc2cc(NCc3cccc4cc[nH]c34)c(C(N)=O)cn2)cc1. The molecule has 4 aromatic rings. The first kappa shape index (κ1) is 20.2. The van der Waals surface area contributed by atoms with Crippen molar-refractivity contribution in [3.05, 3.63) is 83.7 Å². The largest absolute Gasteiger partial charge is 0.380 e. The summed E-state index contributed by atoms with van der Waals surface area (Å²) in [5.74, 6) is 0.147. The highest BCUT2D eigenvalue weighted by Gasteiger charge is 2.11. The lowest BCUT2D eigenvalue weighted by atomic mass is 10.1. The number of carbonyl (C=O) groups is 2. The van der Waals surface area contributed by atoms with E-state index in [1.165, 1.54) is 6.20 Å². The number of H-pyrrole nitrogens is 1.